The van der Waals surface area contributed by atoms with Crippen LogP contribution in [0.5, 0.6) is 0 Å². The van der Waals surface area contributed by atoms with Crippen molar-refractivity contribution in [2.75, 3.05) is 28.7 Å². The number of halogens is 3. The number of nitrogens with one attached hydrogen (secondary N) is 2. The largest absolute Gasteiger partial charge is 0.406 e. The maximum absolute atomic E-state index is 13.4. The highest BCUT2D eigenvalue weighted by Gasteiger charge is 2.30. The predicted molar refractivity (Wildman–Crippen MR) is 136 cm³/mol. The molecule has 0 amide bonds. The first kappa shape index (κ1) is 24.8. The highest BCUT2D eigenvalue weighted by atomic mass is 32.2. The molecule has 2 N–H and O–H groups in total. The van der Waals surface area contributed by atoms with Gasteiger partial charge in [0.05, 0.1) is 41.1 Å². The molecule has 0 bridgehead atoms. The molecule has 1 saturated heterocycles. The maximum atomic E-state index is 13.4. The van der Waals surface area contributed by atoms with Gasteiger partial charge in [-0.15, -0.1) is 0 Å². The van der Waals surface area contributed by atoms with Gasteiger partial charge in [0.2, 0.25) is 0 Å². The minimum atomic E-state index is -4.43. The molecule has 12 heteroatoms. The normalized spacial score (nSPS) is 15.9. The summed E-state index contributed by atoms with van der Waals surface area (Å²) in [6, 6.07) is 8.44. The monoisotopic (exact) mass is 528 g/mol. The zero-order valence-electron chi connectivity index (χ0n) is 19.6. The Hall–Kier alpha value is -3.85. The van der Waals surface area contributed by atoms with Crippen molar-refractivity contribution in [1.29, 1.82) is 0 Å². The second-order valence-electron chi connectivity index (χ2n) is 8.82. The van der Waals surface area contributed by atoms with Crippen molar-refractivity contribution in [3.8, 4) is 11.8 Å². The third-order valence-corrected chi connectivity index (χ3v) is 7.83. The predicted octanol–water partition coefficient (Wildman–Crippen LogP) is 3.99. The number of benzene rings is 1. The number of hydrogen-bond acceptors (Lipinski definition) is 7. The van der Waals surface area contributed by atoms with Crippen molar-refractivity contribution in [2.24, 2.45) is 0 Å². The molecular formula is C25H23F3N6O2S. The summed E-state index contributed by atoms with van der Waals surface area (Å²) in [5, 5.41) is 7.02. The average Bonchev–Trinajstić information content (AvgIpc) is 3.20. The molecule has 192 valence electrons. The molecule has 4 aromatic rings. The molecule has 0 aliphatic carbocycles. The zero-order valence-corrected chi connectivity index (χ0v) is 20.4. The SMILES string of the molecule is O=S1(=O)CCC(Nc2cccc3c2cc(C#CCNc2cnc4nccnc4c2)n3CC(F)(F)F)CC1. The Labute approximate surface area is 211 Å². The fraction of sp³-hybridized carbons (Fsp3) is 0.320. The van der Waals surface area contributed by atoms with Gasteiger partial charge < -0.3 is 15.2 Å². The first-order chi connectivity index (χ1) is 17.7. The van der Waals surface area contributed by atoms with E-state index < -0.39 is 22.6 Å². The van der Waals surface area contributed by atoms with E-state index in [1.165, 1.54) is 0 Å². The topological polar surface area (TPSA) is 102 Å². The molecule has 0 saturated carbocycles. The van der Waals surface area contributed by atoms with Crippen LogP contribution in [0.4, 0.5) is 24.5 Å². The minimum absolute atomic E-state index is 0.0703. The van der Waals surface area contributed by atoms with Gasteiger partial charge in [-0.05, 0) is 43.0 Å². The van der Waals surface area contributed by atoms with E-state index >= 15 is 0 Å². The summed E-state index contributed by atoms with van der Waals surface area (Å²) in [5.41, 5.74) is 3.08. The number of rotatable bonds is 5. The lowest BCUT2D eigenvalue weighted by atomic mass is 10.1. The van der Waals surface area contributed by atoms with Gasteiger partial charge in [-0.1, -0.05) is 12.0 Å². The van der Waals surface area contributed by atoms with Gasteiger partial charge in [0.25, 0.3) is 0 Å². The summed E-state index contributed by atoms with van der Waals surface area (Å²) in [4.78, 5) is 12.5. The summed E-state index contributed by atoms with van der Waals surface area (Å²) in [6.07, 6.45) is 1.18. The second-order valence-corrected chi connectivity index (χ2v) is 11.1. The van der Waals surface area contributed by atoms with E-state index in [9.17, 15) is 21.6 Å². The smallest absolute Gasteiger partial charge is 0.382 e. The molecule has 5 rings (SSSR count). The minimum Gasteiger partial charge on any atom is -0.382 e. The van der Waals surface area contributed by atoms with Crippen LogP contribution < -0.4 is 10.6 Å². The molecule has 0 unspecified atom stereocenters. The van der Waals surface area contributed by atoms with Gasteiger partial charge in [-0.25, -0.2) is 18.4 Å². The van der Waals surface area contributed by atoms with E-state index in [0.717, 1.165) is 4.57 Å². The average molecular weight is 529 g/mol. The van der Waals surface area contributed by atoms with Gasteiger partial charge in [-0.3, -0.25) is 4.98 Å². The van der Waals surface area contributed by atoms with Crippen LogP contribution in [-0.4, -0.2) is 58.2 Å². The van der Waals surface area contributed by atoms with Crippen molar-refractivity contribution < 1.29 is 21.6 Å². The maximum Gasteiger partial charge on any atom is 0.406 e. The van der Waals surface area contributed by atoms with E-state index in [-0.39, 0.29) is 29.8 Å². The molecule has 0 radical (unpaired) electrons. The number of fused-ring (bicyclic) bond motifs is 2. The van der Waals surface area contributed by atoms with E-state index in [4.69, 9.17) is 0 Å². The van der Waals surface area contributed by atoms with E-state index in [1.54, 1.807) is 48.9 Å². The van der Waals surface area contributed by atoms with Crippen LogP contribution in [0.2, 0.25) is 0 Å². The quantitative estimate of drug-likeness (QED) is 0.378. The Bertz CT molecular complexity index is 1610. The molecule has 37 heavy (non-hydrogen) atoms. The Kier molecular flexibility index (Phi) is 6.64. The van der Waals surface area contributed by atoms with Crippen molar-refractivity contribution in [2.45, 2.75) is 31.6 Å². The first-order valence-corrected chi connectivity index (χ1v) is 13.4. The first-order valence-electron chi connectivity index (χ1n) is 11.6. The lowest BCUT2D eigenvalue weighted by molar-refractivity contribution is -0.140. The van der Waals surface area contributed by atoms with Crippen LogP contribution in [0.1, 0.15) is 18.5 Å². The summed E-state index contributed by atoms with van der Waals surface area (Å²) in [7, 11) is -3.02. The number of pyridine rings is 1. The Morgan fingerprint density at radius 1 is 1.08 bits per heavy atom. The number of hydrogen-bond donors (Lipinski definition) is 2. The van der Waals surface area contributed by atoms with Crippen LogP contribution in [0, 0.1) is 11.8 Å². The third kappa shape index (κ3) is 5.94. The Morgan fingerprint density at radius 3 is 2.65 bits per heavy atom. The van der Waals surface area contributed by atoms with Crippen LogP contribution >= 0.6 is 0 Å². The Balaban J connectivity index is 1.39. The van der Waals surface area contributed by atoms with Gasteiger partial charge >= 0.3 is 6.18 Å². The van der Waals surface area contributed by atoms with Crippen LogP contribution in [0.3, 0.4) is 0 Å². The fourth-order valence-corrected chi connectivity index (χ4v) is 5.84. The highest BCUT2D eigenvalue weighted by molar-refractivity contribution is 7.91. The Morgan fingerprint density at radius 2 is 1.86 bits per heavy atom. The molecule has 1 aliphatic rings. The lowest BCUT2D eigenvalue weighted by Crippen LogP contribution is -2.32. The molecule has 1 aromatic carbocycles. The van der Waals surface area contributed by atoms with Crippen LogP contribution in [0.15, 0.2) is 48.9 Å². The third-order valence-electron chi connectivity index (χ3n) is 6.12. The van der Waals surface area contributed by atoms with Gasteiger partial charge in [0.1, 0.15) is 21.9 Å². The highest BCUT2D eigenvalue weighted by Crippen LogP contribution is 2.31. The number of anilines is 2. The molecular weight excluding hydrogens is 505 g/mol. The van der Waals surface area contributed by atoms with Crippen molar-refractivity contribution in [3.63, 3.8) is 0 Å². The zero-order chi connectivity index (χ0) is 26.0. The summed E-state index contributed by atoms with van der Waals surface area (Å²) < 4.78 is 65.0. The standard InChI is InChI=1S/C25H23F3N6O2S/c26-25(27,28)16-34-19(3-2-8-29-18-13-22-24(32-15-18)31-10-9-30-22)14-20-21(4-1-5-23(20)34)33-17-6-11-37(35,36)12-7-17/h1,4-5,9-10,13-15,17,29,33H,6-8,11-12,16H2. The van der Waals surface area contributed by atoms with Crippen molar-refractivity contribution in [1.82, 2.24) is 19.5 Å². The number of sulfone groups is 1. The fourth-order valence-electron chi connectivity index (χ4n) is 4.35. The number of nitrogens with zero attached hydrogens (tertiary/aromatic N) is 4. The molecule has 8 nitrogen and oxygen atoms in total. The molecule has 4 heterocycles. The van der Waals surface area contributed by atoms with Gasteiger partial charge in [0.15, 0.2) is 5.65 Å². The molecule has 0 atom stereocenters. The number of aromatic nitrogens is 4. The van der Waals surface area contributed by atoms with Gasteiger partial charge in [0, 0.05) is 29.5 Å². The van der Waals surface area contributed by atoms with Crippen molar-refractivity contribution >= 4 is 43.3 Å². The molecule has 3 aromatic heterocycles. The molecule has 1 fully saturated rings. The lowest BCUT2D eigenvalue weighted by Gasteiger charge is -2.24. The number of alkyl halides is 3. The summed E-state index contributed by atoms with van der Waals surface area (Å²) >= 11 is 0. The van der Waals surface area contributed by atoms with Crippen LogP contribution in [0.25, 0.3) is 22.1 Å². The molecule has 1 aliphatic heterocycles. The van der Waals surface area contributed by atoms with E-state index in [0.29, 0.717) is 46.3 Å². The summed E-state index contributed by atoms with van der Waals surface area (Å²) in [5.74, 6) is 5.96. The van der Waals surface area contributed by atoms with E-state index in [2.05, 4.69) is 37.4 Å². The van der Waals surface area contributed by atoms with E-state index in [1.807, 2.05) is 0 Å². The van der Waals surface area contributed by atoms with Crippen molar-refractivity contribution in [3.05, 3.63) is 54.6 Å². The van der Waals surface area contributed by atoms with Crippen LogP contribution in [-0.2, 0) is 16.4 Å². The molecule has 0 spiro atoms. The van der Waals surface area contributed by atoms with Gasteiger partial charge in [-0.2, -0.15) is 13.2 Å². The summed E-state index contributed by atoms with van der Waals surface area (Å²) in [6.45, 7) is -0.991. The second kappa shape index (κ2) is 9.89.